The first-order valence-corrected chi connectivity index (χ1v) is 9.19. The Kier molecular flexibility index (Phi) is 6.66. The van der Waals surface area contributed by atoms with Crippen LogP contribution >= 0.6 is 0 Å². The van der Waals surface area contributed by atoms with E-state index >= 15 is 0 Å². The molecular weight excluding hydrogens is 404 g/mol. The minimum absolute atomic E-state index is 0.0979. The van der Waals surface area contributed by atoms with Crippen molar-refractivity contribution >= 4 is 11.9 Å². The number of benzene rings is 1. The Balaban J connectivity index is 1.68. The van der Waals surface area contributed by atoms with Gasteiger partial charge >= 0.3 is 6.18 Å². The van der Waals surface area contributed by atoms with Crippen LogP contribution in [0.25, 0.3) is 0 Å². The lowest BCUT2D eigenvalue weighted by molar-refractivity contribution is -0.137. The fourth-order valence-corrected chi connectivity index (χ4v) is 3.14. The van der Waals surface area contributed by atoms with E-state index < -0.39 is 23.6 Å². The summed E-state index contributed by atoms with van der Waals surface area (Å²) in [5.41, 5.74) is -0.139. The van der Waals surface area contributed by atoms with Crippen LogP contribution in [0, 0.1) is 5.82 Å². The maximum atomic E-state index is 13.1. The Labute approximate surface area is 170 Å². The maximum absolute atomic E-state index is 13.1. The zero-order chi connectivity index (χ0) is 21.7. The Bertz CT molecular complexity index is 872. The van der Waals surface area contributed by atoms with Gasteiger partial charge in [0.05, 0.1) is 36.7 Å². The molecule has 3 rings (SSSR count). The molecule has 1 fully saturated rings. The molecular formula is C20H20F4N4O2. The van der Waals surface area contributed by atoms with Crippen LogP contribution in [0.3, 0.4) is 0 Å². The fraction of sp³-hybridized carbons (Fsp3) is 0.350. The lowest BCUT2D eigenvalue weighted by Crippen LogP contribution is -2.53. The number of anilines is 1. The number of ether oxygens (including phenoxy) is 1. The number of alkyl halides is 3. The number of likely N-dealkylation sites (tertiary alicyclic amines) is 1. The van der Waals surface area contributed by atoms with Gasteiger partial charge in [-0.15, -0.1) is 0 Å². The molecule has 1 amide bonds. The molecule has 1 aromatic heterocycles. The van der Waals surface area contributed by atoms with Gasteiger partial charge in [0.2, 0.25) is 11.9 Å². The average Bonchev–Trinajstić information content (AvgIpc) is 2.73. The van der Waals surface area contributed by atoms with E-state index in [-0.39, 0.29) is 31.1 Å². The summed E-state index contributed by atoms with van der Waals surface area (Å²) in [6.45, 7) is 4.30. The van der Waals surface area contributed by atoms with Crippen molar-refractivity contribution in [3.63, 3.8) is 0 Å². The number of nitrogens with one attached hydrogen (secondary N) is 1. The molecule has 160 valence electrons. The standard InChI is InChI=1S/C20H20F4N4O2/c1-2-18(29)28-8-7-17(16(11-28)27-19-25-9-15(21)10-26-19)30-12-13-3-5-14(6-4-13)20(22,23)24/h2-6,9-10,16-17H,1,7-8,11-12H2,(H,25,26,27)/t16?,17-/m1/s1. The van der Waals surface area contributed by atoms with Crippen molar-refractivity contribution in [2.24, 2.45) is 0 Å². The third-order valence-corrected chi connectivity index (χ3v) is 4.72. The second-order valence-electron chi connectivity index (χ2n) is 6.80. The summed E-state index contributed by atoms with van der Waals surface area (Å²) in [6.07, 6.45) is -1.02. The SMILES string of the molecule is C=CC(=O)N1CC[C@@H](OCc2ccc(C(F)(F)F)cc2)C(Nc2ncc(F)cn2)C1. The van der Waals surface area contributed by atoms with Gasteiger partial charge in [0.15, 0.2) is 5.82 Å². The molecule has 1 aromatic carbocycles. The summed E-state index contributed by atoms with van der Waals surface area (Å²) in [6, 6.07) is 4.34. The van der Waals surface area contributed by atoms with Crippen LogP contribution in [0.15, 0.2) is 49.3 Å². The molecule has 1 N–H and O–H groups in total. The molecule has 1 aliphatic rings. The van der Waals surface area contributed by atoms with E-state index in [2.05, 4.69) is 21.9 Å². The van der Waals surface area contributed by atoms with Crippen molar-refractivity contribution in [3.8, 4) is 0 Å². The third-order valence-electron chi connectivity index (χ3n) is 4.72. The van der Waals surface area contributed by atoms with Crippen LogP contribution in [0.5, 0.6) is 0 Å². The molecule has 2 aromatic rings. The highest BCUT2D eigenvalue weighted by Crippen LogP contribution is 2.29. The lowest BCUT2D eigenvalue weighted by Gasteiger charge is -2.38. The Morgan fingerprint density at radius 1 is 1.27 bits per heavy atom. The van der Waals surface area contributed by atoms with Crippen LogP contribution in [0.2, 0.25) is 0 Å². The van der Waals surface area contributed by atoms with E-state index in [0.29, 0.717) is 18.5 Å². The van der Waals surface area contributed by atoms with Crippen molar-refractivity contribution in [2.45, 2.75) is 31.3 Å². The second-order valence-corrected chi connectivity index (χ2v) is 6.80. The number of carbonyl (C=O) groups excluding carboxylic acids is 1. The normalized spacial score (nSPS) is 19.4. The zero-order valence-corrected chi connectivity index (χ0v) is 15.9. The summed E-state index contributed by atoms with van der Waals surface area (Å²) >= 11 is 0. The topological polar surface area (TPSA) is 67.3 Å². The van der Waals surface area contributed by atoms with Gasteiger partial charge < -0.3 is 15.0 Å². The van der Waals surface area contributed by atoms with E-state index in [9.17, 15) is 22.4 Å². The van der Waals surface area contributed by atoms with Crippen LogP contribution < -0.4 is 5.32 Å². The van der Waals surface area contributed by atoms with Crippen LogP contribution in [-0.4, -0.2) is 46.0 Å². The average molecular weight is 424 g/mol. The molecule has 0 spiro atoms. The van der Waals surface area contributed by atoms with E-state index in [1.54, 1.807) is 4.90 Å². The molecule has 10 heteroatoms. The monoisotopic (exact) mass is 424 g/mol. The minimum atomic E-state index is -4.39. The first kappa shape index (κ1) is 21.7. The van der Waals surface area contributed by atoms with Crippen molar-refractivity contribution in [2.75, 3.05) is 18.4 Å². The second kappa shape index (κ2) is 9.21. The van der Waals surface area contributed by atoms with Gasteiger partial charge in [0.25, 0.3) is 0 Å². The highest BCUT2D eigenvalue weighted by molar-refractivity contribution is 5.87. The summed E-state index contributed by atoms with van der Waals surface area (Å²) in [5.74, 6) is -0.636. The number of halogens is 4. The van der Waals surface area contributed by atoms with Crippen molar-refractivity contribution in [3.05, 3.63) is 66.3 Å². The molecule has 1 aliphatic heterocycles. The largest absolute Gasteiger partial charge is 0.416 e. The Hall–Kier alpha value is -3.01. The molecule has 0 radical (unpaired) electrons. The quantitative estimate of drug-likeness (QED) is 0.569. The molecule has 2 heterocycles. The highest BCUT2D eigenvalue weighted by atomic mass is 19.4. The third kappa shape index (κ3) is 5.53. The van der Waals surface area contributed by atoms with Gasteiger partial charge in [0.1, 0.15) is 0 Å². The van der Waals surface area contributed by atoms with Crippen molar-refractivity contribution < 1.29 is 27.1 Å². The van der Waals surface area contributed by atoms with Crippen LogP contribution in [0.4, 0.5) is 23.5 Å². The molecule has 1 unspecified atom stereocenters. The summed E-state index contributed by atoms with van der Waals surface area (Å²) in [5, 5.41) is 3.04. The van der Waals surface area contributed by atoms with Crippen molar-refractivity contribution in [1.82, 2.24) is 14.9 Å². The number of piperidine rings is 1. The Morgan fingerprint density at radius 2 is 1.93 bits per heavy atom. The predicted molar refractivity (Wildman–Crippen MR) is 101 cm³/mol. The van der Waals surface area contributed by atoms with Crippen LogP contribution in [-0.2, 0) is 22.3 Å². The van der Waals surface area contributed by atoms with Gasteiger partial charge in [-0.25, -0.2) is 14.4 Å². The molecule has 0 bridgehead atoms. The highest BCUT2D eigenvalue weighted by Gasteiger charge is 2.32. The number of hydrogen-bond donors (Lipinski definition) is 1. The summed E-state index contributed by atoms with van der Waals surface area (Å²) < 4.78 is 57.1. The number of rotatable bonds is 6. The Morgan fingerprint density at radius 3 is 2.53 bits per heavy atom. The predicted octanol–water partition coefficient (Wildman–Crippen LogP) is 3.42. The lowest BCUT2D eigenvalue weighted by atomic mass is 10.0. The number of carbonyl (C=O) groups is 1. The smallest absolute Gasteiger partial charge is 0.371 e. The van der Waals surface area contributed by atoms with Gasteiger partial charge in [-0.3, -0.25) is 4.79 Å². The first-order valence-electron chi connectivity index (χ1n) is 9.19. The summed E-state index contributed by atoms with van der Waals surface area (Å²) in [7, 11) is 0. The number of hydrogen-bond acceptors (Lipinski definition) is 5. The number of amides is 1. The zero-order valence-electron chi connectivity index (χ0n) is 15.9. The number of aromatic nitrogens is 2. The minimum Gasteiger partial charge on any atom is -0.371 e. The van der Waals surface area contributed by atoms with Crippen molar-refractivity contribution in [1.29, 1.82) is 0 Å². The van der Waals surface area contributed by atoms with E-state index in [1.807, 2.05) is 0 Å². The first-order chi connectivity index (χ1) is 14.3. The van der Waals surface area contributed by atoms with Gasteiger partial charge in [-0.05, 0) is 30.2 Å². The van der Waals surface area contributed by atoms with Gasteiger partial charge in [0, 0.05) is 13.1 Å². The molecule has 6 nitrogen and oxygen atoms in total. The fourth-order valence-electron chi connectivity index (χ4n) is 3.14. The maximum Gasteiger partial charge on any atom is 0.416 e. The molecule has 0 aliphatic carbocycles. The van der Waals surface area contributed by atoms with E-state index in [1.165, 1.54) is 18.2 Å². The number of nitrogens with zero attached hydrogens (tertiary/aromatic N) is 3. The molecule has 1 saturated heterocycles. The molecule has 30 heavy (non-hydrogen) atoms. The van der Waals surface area contributed by atoms with Gasteiger partial charge in [-0.1, -0.05) is 18.7 Å². The van der Waals surface area contributed by atoms with Gasteiger partial charge in [-0.2, -0.15) is 13.2 Å². The molecule has 0 saturated carbocycles. The molecule has 2 atom stereocenters. The van der Waals surface area contributed by atoms with E-state index in [4.69, 9.17) is 4.74 Å². The van der Waals surface area contributed by atoms with Crippen LogP contribution in [0.1, 0.15) is 17.5 Å². The van der Waals surface area contributed by atoms with E-state index in [0.717, 1.165) is 24.5 Å². The summed E-state index contributed by atoms with van der Waals surface area (Å²) in [4.78, 5) is 21.3.